The third-order valence-electron chi connectivity index (χ3n) is 3.53. The van der Waals surface area contributed by atoms with Gasteiger partial charge < -0.3 is 25.3 Å². The summed E-state index contributed by atoms with van der Waals surface area (Å²) >= 11 is 0. The van der Waals surface area contributed by atoms with E-state index >= 15 is 0 Å². The number of H-pyrrole nitrogens is 1. The number of β-amino-alcohol motifs (C(OH)–C–C–N with tert-alkyl or cyclic N) is 1. The molecule has 0 aliphatic rings. The van der Waals surface area contributed by atoms with Gasteiger partial charge in [-0.1, -0.05) is 0 Å². The smallest absolute Gasteiger partial charge is 0.356 e. The average Bonchev–Trinajstić information content (AvgIpc) is 2.93. The molecule has 7 heteroatoms. The molecule has 0 saturated heterocycles. The van der Waals surface area contributed by atoms with Crippen molar-refractivity contribution in [1.82, 2.24) is 15.3 Å². The van der Waals surface area contributed by atoms with Crippen molar-refractivity contribution in [3.8, 4) is 17.1 Å². The van der Waals surface area contributed by atoms with Crippen molar-refractivity contribution >= 4 is 5.97 Å². The Morgan fingerprint density at radius 2 is 1.96 bits per heavy atom. The number of aromatic nitrogens is 2. The molecule has 0 spiro atoms. The van der Waals surface area contributed by atoms with Crippen LogP contribution in [0.1, 0.15) is 37.0 Å². The Kier molecular flexibility index (Phi) is 5.81. The van der Waals surface area contributed by atoms with Gasteiger partial charge in [0.1, 0.15) is 24.3 Å². The van der Waals surface area contributed by atoms with Crippen molar-refractivity contribution in [2.24, 2.45) is 0 Å². The number of aliphatic hydroxyl groups excluding tert-OH is 1. The molecule has 0 saturated carbocycles. The monoisotopic (exact) mass is 347 g/mol. The molecule has 0 aliphatic carbocycles. The van der Waals surface area contributed by atoms with Gasteiger partial charge in [-0.05, 0) is 52.0 Å². The quantitative estimate of drug-likeness (QED) is 0.612. The van der Waals surface area contributed by atoms with Crippen molar-refractivity contribution in [3.05, 3.63) is 35.7 Å². The van der Waals surface area contributed by atoms with Crippen LogP contribution in [0.5, 0.6) is 5.75 Å². The summed E-state index contributed by atoms with van der Waals surface area (Å²) in [7, 11) is 0. The van der Waals surface area contributed by atoms with Crippen LogP contribution in [0.25, 0.3) is 11.4 Å². The first-order chi connectivity index (χ1) is 11.7. The molecular formula is C18H25N3O4. The van der Waals surface area contributed by atoms with Gasteiger partial charge >= 0.3 is 5.97 Å². The molecule has 0 fully saturated rings. The molecule has 0 radical (unpaired) electrons. The molecule has 1 atom stereocenters. The highest BCUT2D eigenvalue weighted by molar-refractivity contribution is 5.87. The highest BCUT2D eigenvalue weighted by Crippen LogP contribution is 2.21. The lowest BCUT2D eigenvalue weighted by atomic mass is 10.1. The summed E-state index contributed by atoms with van der Waals surface area (Å²) in [5.74, 6) is 0.0639. The average molecular weight is 347 g/mol. The number of aromatic amines is 1. The van der Waals surface area contributed by atoms with E-state index in [9.17, 15) is 9.90 Å². The first kappa shape index (κ1) is 19.0. The first-order valence-electron chi connectivity index (χ1n) is 8.12. The summed E-state index contributed by atoms with van der Waals surface area (Å²) in [6.45, 7) is 8.41. The lowest BCUT2D eigenvalue weighted by Crippen LogP contribution is -2.42. The van der Waals surface area contributed by atoms with Crippen molar-refractivity contribution in [2.45, 2.75) is 39.3 Å². The van der Waals surface area contributed by atoms with E-state index in [0.717, 1.165) is 5.56 Å². The Balaban J connectivity index is 1.94. The SMILES string of the molecule is Cc1[nH]c(-c2ccc(OCC(O)CNC(C)(C)C)cc2)nc1C(=O)O. The van der Waals surface area contributed by atoms with E-state index in [-0.39, 0.29) is 17.8 Å². The summed E-state index contributed by atoms with van der Waals surface area (Å²) in [4.78, 5) is 18.1. The Labute approximate surface area is 147 Å². The fourth-order valence-corrected chi connectivity index (χ4v) is 2.19. The molecule has 2 rings (SSSR count). The summed E-state index contributed by atoms with van der Waals surface area (Å²) in [5.41, 5.74) is 1.23. The normalized spacial score (nSPS) is 12.8. The number of ether oxygens (including phenoxy) is 1. The zero-order valence-electron chi connectivity index (χ0n) is 15.0. The molecule has 0 bridgehead atoms. The van der Waals surface area contributed by atoms with Gasteiger partial charge in [-0.3, -0.25) is 0 Å². The molecule has 136 valence electrons. The molecule has 1 unspecified atom stereocenters. The fraction of sp³-hybridized carbons (Fsp3) is 0.444. The number of benzene rings is 1. The molecule has 0 aliphatic heterocycles. The Hall–Kier alpha value is -2.38. The number of aliphatic hydroxyl groups is 1. The van der Waals surface area contributed by atoms with E-state index in [2.05, 4.69) is 15.3 Å². The topological polar surface area (TPSA) is 107 Å². The number of hydrogen-bond donors (Lipinski definition) is 4. The van der Waals surface area contributed by atoms with Gasteiger partial charge in [0.05, 0.1) is 0 Å². The van der Waals surface area contributed by atoms with Gasteiger partial charge in [0.15, 0.2) is 5.69 Å². The van der Waals surface area contributed by atoms with Crippen molar-refractivity contribution < 1.29 is 19.7 Å². The van der Waals surface area contributed by atoms with Crippen LogP contribution in [0, 0.1) is 6.92 Å². The molecule has 7 nitrogen and oxygen atoms in total. The minimum atomic E-state index is -1.06. The third kappa shape index (κ3) is 5.58. The number of aromatic carboxylic acids is 1. The van der Waals surface area contributed by atoms with Crippen LogP contribution in [0.4, 0.5) is 0 Å². The van der Waals surface area contributed by atoms with E-state index in [4.69, 9.17) is 9.84 Å². The van der Waals surface area contributed by atoms with Crippen molar-refractivity contribution in [3.63, 3.8) is 0 Å². The molecule has 4 N–H and O–H groups in total. The standard InChI is InChI=1S/C18H25N3O4/c1-11-15(17(23)24)21-16(20-11)12-5-7-14(8-6-12)25-10-13(22)9-19-18(2,3)4/h5-8,13,19,22H,9-10H2,1-4H3,(H,20,21)(H,23,24). The second-order valence-electron chi connectivity index (χ2n) is 6.98. The molecule has 25 heavy (non-hydrogen) atoms. The molecule has 1 heterocycles. The Bertz CT molecular complexity index is 717. The van der Waals surface area contributed by atoms with Crippen LogP contribution in [-0.2, 0) is 0 Å². The highest BCUT2D eigenvalue weighted by Gasteiger charge is 2.15. The summed E-state index contributed by atoms with van der Waals surface area (Å²) in [6, 6.07) is 7.10. The van der Waals surface area contributed by atoms with Crippen LogP contribution in [-0.4, -0.2) is 50.9 Å². The fourth-order valence-electron chi connectivity index (χ4n) is 2.19. The van der Waals surface area contributed by atoms with Gasteiger partial charge in [-0.2, -0.15) is 0 Å². The lowest BCUT2D eigenvalue weighted by Gasteiger charge is -2.22. The van der Waals surface area contributed by atoms with Gasteiger partial charge in [0.2, 0.25) is 0 Å². The lowest BCUT2D eigenvalue weighted by molar-refractivity contribution is 0.0690. The third-order valence-corrected chi connectivity index (χ3v) is 3.53. The maximum atomic E-state index is 11.1. The number of carboxylic acids is 1. The van der Waals surface area contributed by atoms with Crippen LogP contribution in [0.3, 0.4) is 0 Å². The van der Waals surface area contributed by atoms with Crippen molar-refractivity contribution in [1.29, 1.82) is 0 Å². The van der Waals surface area contributed by atoms with Crippen LogP contribution in [0.2, 0.25) is 0 Å². The largest absolute Gasteiger partial charge is 0.491 e. The number of carboxylic acid groups (broad SMARTS) is 1. The Morgan fingerprint density at radius 1 is 1.32 bits per heavy atom. The molecular weight excluding hydrogens is 322 g/mol. The first-order valence-corrected chi connectivity index (χ1v) is 8.12. The zero-order chi connectivity index (χ0) is 18.6. The zero-order valence-corrected chi connectivity index (χ0v) is 15.0. The number of carbonyl (C=O) groups is 1. The summed E-state index contributed by atoms with van der Waals surface area (Å²) < 4.78 is 5.58. The van der Waals surface area contributed by atoms with Crippen molar-refractivity contribution in [2.75, 3.05) is 13.2 Å². The molecule has 1 aromatic heterocycles. The van der Waals surface area contributed by atoms with E-state index in [0.29, 0.717) is 23.8 Å². The molecule has 2 aromatic rings. The van der Waals surface area contributed by atoms with Crippen LogP contribution >= 0.6 is 0 Å². The molecule has 0 amide bonds. The van der Waals surface area contributed by atoms with Crippen LogP contribution < -0.4 is 10.1 Å². The highest BCUT2D eigenvalue weighted by atomic mass is 16.5. The van der Waals surface area contributed by atoms with Gasteiger partial charge in [0, 0.05) is 23.3 Å². The van der Waals surface area contributed by atoms with Gasteiger partial charge in [0.25, 0.3) is 0 Å². The maximum absolute atomic E-state index is 11.1. The predicted molar refractivity (Wildman–Crippen MR) is 95.0 cm³/mol. The van der Waals surface area contributed by atoms with Crippen LogP contribution in [0.15, 0.2) is 24.3 Å². The van der Waals surface area contributed by atoms with Gasteiger partial charge in [-0.25, -0.2) is 9.78 Å². The number of imidazole rings is 1. The number of nitrogens with one attached hydrogen (secondary N) is 2. The molecule has 1 aromatic carbocycles. The predicted octanol–water partition coefficient (Wildman–Crippen LogP) is 2.21. The van der Waals surface area contributed by atoms with E-state index in [1.807, 2.05) is 20.8 Å². The second kappa shape index (κ2) is 7.67. The van der Waals surface area contributed by atoms with E-state index < -0.39 is 12.1 Å². The summed E-state index contributed by atoms with van der Waals surface area (Å²) in [6.07, 6.45) is -0.607. The van der Waals surface area contributed by atoms with E-state index in [1.165, 1.54) is 0 Å². The van der Waals surface area contributed by atoms with E-state index in [1.54, 1.807) is 31.2 Å². The number of rotatable bonds is 7. The minimum Gasteiger partial charge on any atom is -0.491 e. The summed E-state index contributed by atoms with van der Waals surface area (Å²) in [5, 5.41) is 22.2. The second-order valence-corrected chi connectivity index (χ2v) is 6.98. The number of aryl methyl sites for hydroxylation is 1. The maximum Gasteiger partial charge on any atom is 0.356 e. The number of nitrogens with zero attached hydrogens (tertiary/aromatic N) is 1. The number of hydrogen-bond acceptors (Lipinski definition) is 5. The Morgan fingerprint density at radius 3 is 2.48 bits per heavy atom. The minimum absolute atomic E-state index is 0.0183. The van der Waals surface area contributed by atoms with Gasteiger partial charge in [-0.15, -0.1) is 0 Å².